The molecule has 1 aromatic rings. The van der Waals surface area contributed by atoms with Crippen LogP contribution in [0, 0.1) is 0 Å². The highest BCUT2D eigenvalue weighted by molar-refractivity contribution is 6.31. The van der Waals surface area contributed by atoms with Crippen molar-refractivity contribution in [2.24, 2.45) is 0 Å². The van der Waals surface area contributed by atoms with E-state index in [1.54, 1.807) is 17.0 Å². The highest BCUT2D eigenvalue weighted by Gasteiger charge is 2.28. The van der Waals surface area contributed by atoms with Crippen LogP contribution in [0.15, 0.2) is 18.2 Å². The zero-order chi connectivity index (χ0) is 14.7. The topological polar surface area (TPSA) is 55.8 Å². The van der Waals surface area contributed by atoms with Gasteiger partial charge < -0.3 is 20.2 Å². The summed E-state index contributed by atoms with van der Waals surface area (Å²) < 4.78 is 0. The molecule has 0 saturated carbocycles. The number of amides is 2. The maximum absolute atomic E-state index is 12.3. The number of urea groups is 1. The number of aliphatic hydroxyl groups is 1. The molecular weight excluding hydrogens is 278 g/mol. The molecule has 1 aliphatic rings. The number of nitrogens with one attached hydrogen (secondary N) is 1. The average Bonchev–Trinajstić information content (AvgIpc) is 2.86. The lowest BCUT2D eigenvalue weighted by Gasteiger charge is -2.25. The first-order valence-electron chi connectivity index (χ1n) is 6.68. The smallest absolute Gasteiger partial charge is 0.322 e. The number of anilines is 2. The summed E-state index contributed by atoms with van der Waals surface area (Å²) in [5, 5.41) is 12.8. The third-order valence-electron chi connectivity index (χ3n) is 3.53. The third kappa shape index (κ3) is 3.16. The monoisotopic (exact) mass is 297 g/mol. The number of hydrogen-bond donors (Lipinski definition) is 2. The summed E-state index contributed by atoms with van der Waals surface area (Å²) in [6, 6.07) is 5.12. The number of benzene rings is 1. The molecule has 0 aliphatic carbocycles. The molecule has 0 radical (unpaired) electrons. The Labute approximate surface area is 124 Å². The highest BCUT2D eigenvalue weighted by Crippen LogP contribution is 2.28. The van der Waals surface area contributed by atoms with E-state index in [-0.39, 0.29) is 18.7 Å². The Balaban J connectivity index is 2.17. The number of halogens is 1. The molecule has 2 amide bonds. The van der Waals surface area contributed by atoms with Gasteiger partial charge in [0.2, 0.25) is 0 Å². The summed E-state index contributed by atoms with van der Waals surface area (Å²) in [6.45, 7) is 0.679. The molecule has 2 rings (SSSR count). The highest BCUT2D eigenvalue weighted by atomic mass is 35.5. The van der Waals surface area contributed by atoms with Crippen LogP contribution < -0.4 is 10.2 Å². The van der Waals surface area contributed by atoms with Crippen molar-refractivity contribution in [3.63, 3.8) is 0 Å². The van der Waals surface area contributed by atoms with Gasteiger partial charge in [0, 0.05) is 25.7 Å². The van der Waals surface area contributed by atoms with Crippen molar-refractivity contribution in [1.82, 2.24) is 4.90 Å². The van der Waals surface area contributed by atoms with Crippen molar-refractivity contribution in [2.75, 3.05) is 37.5 Å². The van der Waals surface area contributed by atoms with E-state index in [4.69, 9.17) is 11.6 Å². The van der Waals surface area contributed by atoms with Gasteiger partial charge in [0.1, 0.15) is 0 Å². The molecule has 1 aromatic carbocycles. The standard InChI is InChI=1S/C14H20ClN3O2/c1-17(2)13-6-5-10(15)8-12(13)16-14(20)18-7-3-4-11(18)9-19/h5-6,8,11,19H,3-4,7,9H2,1-2H3,(H,16,20)/t11-/m0/s1. The Kier molecular flexibility index (Phi) is 4.73. The summed E-state index contributed by atoms with van der Waals surface area (Å²) in [7, 11) is 3.82. The van der Waals surface area contributed by atoms with Crippen LogP contribution in [-0.2, 0) is 0 Å². The van der Waals surface area contributed by atoms with Gasteiger partial charge in [-0.25, -0.2) is 4.79 Å². The van der Waals surface area contributed by atoms with Crippen LogP contribution in [0.2, 0.25) is 5.02 Å². The fraction of sp³-hybridized carbons (Fsp3) is 0.500. The molecule has 1 saturated heterocycles. The average molecular weight is 298 g/mol. The third-order valence-corrected chi connectivity index (χ3v) is 3.77. The summed E-state index contributed by atoms with van der Waals surface area (Å²) in [6.07, 6.45) is 1.77. The first-order valence-corrected chi connectivity index (χ1v) is 7.06. The number of nitrogens with zero attached hydrogens (tertiary/aromatic N) is 2. The molecule has 0 unspecified atom stereocenters. The van der Waals surface area contributed by atoms with Gasteiger partial charge in [0.25, 0.3) is 0 Å². The fourth-order valence-corrected chi connectivity index (χ4v) is 2.65. The molecule has 0 bridgehead atoms. The minimum Gasteiger partial charge on any atom is -0.394 e. The molecule has 20 heavy (non-hydrogen) atoms. The largest absolute Gasteiger partial charge is 0.394 e. The van der Waals surface area contributed by atoms with Crippen LogP contribution >= 0.6 is 11.6 Å². The quantitative estimate of drug-likeness (QED) is 0.901. The Hall–Kier alpha value is -1.46. The van der Waals surface area contributed by atoms with Crippen molar-refractivity contribution in [3.8, 4) is 0 Å². The first-order chi connectivity index (χ1) is 9.52. The number of carbonyl (C=O) groups excluding carboxylic acids is 1. The van der Waals surface area contributed by atoms with E-state index in [0.717, 1.165) is 18.5 Å². The first kappa shape index (κ1) is 14.9. The van der Waals surface area contributed by atoms with Crippen LogP contribution in [0.5, 0.6) is 0 Å². The van der Waals surface area contributed by atoms with Crippen molar-refractivity contribution in [2.45, 2.75) is 18.9 Å². The molecule has 0 aromatic heterocycles. The predicted octanol–water partition coefficient (Wildman–Crippen LogP) is 2.39. The van der Waals surface area contributed by atoms with Gasteiger partial charge in [-0.15, -0.1) is 0 Å². The van der Waals surface area contributed by atoms with E-state index < -0.39 is 0 Å². The Bertz CT molecular complexity index is 493. The Morgan fingerprint density at radius 1 is 1.55 bits per heavy atom. The summed E-state index contributed by atoms with van der Waals surface area (Å²) >= 11 is 6.00. The molecule has 1 atom stereocenters. The van der Waals surface area contributed by atoms with E-state index in [2.05, 4.69) is 5.32 Å². The second-order valence-electron chi connectivity index (χ2n) is 5.16. The van der Waals surface area contributed by atoms with Crippen molar-refractivity contribution in [1.29, 1.82) is 0 Å². The minimum atomic E-state index is -0.188. The molecule has 6 heteroatoms. The second kappa shape index (κ2) is 6.33. The van der Waals surface area contributed by atoms with Gasteiger partial charge in [-0.1, -0.05) is 11.6 Å². The van der Waals surface area contributed by atoms with Gasteiger partial charge in [0.15, 0.2) is 0 Å². The van der Waals surface area contributed by atoms with Gasteiger partial charge in [-0.2, -0.15) is 0 Å². The lowest BCUT2D eigenvalue weighted by atomic mass is 10.2. The number of rotatable bonds is 3. The van der Waals surface area contributed by atoms with Gasteiger partial charge in [-0.3, -0.25) is 0 Å². The lowest BCUT2D eigenvalue weighted by molar-refractivity contribution is 0.166. The second-order valence-corrected chi connectivity index (χ2v) is 5.59. The Morgan fingerprint density at radius 2 is 2.30 bits per heavy atom. The van der Waals surface area contributed by atoms with E-state index in [0.29, 0.717) is 17.3 Å². The summed E-state index contributed by atoms with van der Waals surface area (Å²) in [5.74, 6) is 0. The zero-order valence-corrected chi connectivity index (χ0v) is 12.5. The van der Waals surface area contributed by atoms with Crippen molar-refractivity contribution >= 4 is 29.0 Å². The molecule has 1 fully saturated rings. The predicted molar refractivity (Wildman–Crippen MR) is 81.6 cm³/mol. The van der Waals surface area contributed by atoms with Crippen LogP contribution in [0.1, 0.15) is 12.8 Å². The van der Waals surface area contributed by atoms with E-state index in [9.17, 15) is 9.90 Å². The SMILES string of the molecule is CN(C)c1ccc(Cl)cc1NC(=O)N1CCC[C@H]1CO. The zero-order valence-electron chi connectivity index (χ0n) is 11.8. The molecule has 110 valence electrons. The van der Waals surface area contributed by atoms with E-state index in [1.165, 1.54) is 0 Å². The molecule has 2 N–H and O–H groups in total. The fourth-order valence-electron chi connectivity index (χ4n) is 2.48. The molecule has 0 spiro atoms. The number of likely N-dealkylation sites (tertiary alicyclic amines) is 1. The normalized spacial score (nSPS) is 18.2. The van der Waals surface area contributed by atoms with Gasteiger partial charge in [0.05, 0.1) is 24.0 Å². The molecule has 1 aliphatic heterocycles. The van der Waals surface area contributed by atoms with E-state index >= 15 is 0 Å². The number of carbonyl (C=O) groups is 1. The van der Waals surface area contributed by atoms with E-state index in [1.807, 2.05) is 25.1 Å². The van der Waals surface area contributed by atoms with Crippen molar-refractivity contribution in [3.05, 3.63) is 23.2 Å². The minimum absolute atomic E-state index is 0.00348. The summed E-state index contributed by atoms with van der Waals surface area (Å²) in [4.78, 5) is 15.9. The number of aliphatic hydroxyl groups excluding tert-OH is 1. The maximum atomic E-state index is 12.3. The van der Waals surface area contributed by atoms with Crippen molar-refractivity contribution < 1.29 is 9.90 Å². The lowest BCUT2D eigenvalue weighted by Crippen LogP contribution is -2.40. The molecular formula is C14H20ClN3O2. The van der Waals surface area contributed by atoms with Crippen LogP contribution in [0.25, 0.3) is 0 Å². The van der Waals surface area contributed by atoms with Crippen LogP contribution in [-0.4, -0.2) is 49.3 Å². The summed E-state index contributed by atoms with van der Waals surface area (Å²) in [5.41, 5.74) is 1.57. The molecule has 5 nitrogen and oxygen atoms in total. The van der Waals surface area contributed by atoms with Gasteiger partial charge >= 0.3 is 6.03 Å². The van der Waals surface area contributed by atoms with Gasteiger partial charge in [-0.05, 0) is 31.0 Å². The Morgan fingerprint density at radius 3 is 2.95 bits per heavy atom. The van der Waals surface area contributed by atoms with Crippen LogP contribution in [0.3, 0.4) is 0 Å². The number of hydrogen-bond acceptors (Lipinski definition) is 3. The molecule has 1 heterocycles. The maximum Gasteiger partial charge on any atom is 0.322 e. The van der Waals surface area contributed by atoms with Crippen LogP contribution in [0.4, 0.5) is 16.2 Å².